The van der Waals surface area contributed by atoms with Crippen molar-refractivity contribution in [2.24, 2.45) is 5.73 Å². The third-order valence-electron chi connectivity index (χ3n) is 1.34. The SMILES string of the molecule is Cl.NCCc1c(Br)ccnc1F. The molecule has 0 radical (unpaired) electrons. The number of halogens is 3. The van der Waals surface area contributed by atoms with E-state index in [2.05, 4.69) is 20.9 Å². The summed E-state index contributed by atoms with van der Waals surface area (Å²) in [6, 6.07) is 1.70. The standard InChI is InChI=1S/C7H8BrFN2.ClH/c8-6-2-4-11-7(9)5(6)1-3-10;/h2,4H,1,3,10H2;1H. The highest BCUT2D eigenvalue weighted by atomic mass is 79.9. The van der Waals surface area contributed by atoms with Crippen molar-refractivity contribution in [3.8, 4) is 0 Å². The van der Waals surface area contributed by atoms with Gasteiger partial charge in [-0.3, -0.25) is 0 Å². The van der Waals surface area contributed by atoms with Gasteiger partial charge in [0.25, 0.3) is 0 Å². The van der Waals surface area contributed by atoms with Crippen LogP contribution in [0.15, 0.2) is 16.7 Å². The van der Waals surface area contributed by atoms with Gasteiger partial charge in [0.05, 0.1) is 0 Å². The van der Waals surface area contributed by atoms with E-state index in [-0.39, 0.29) is 12.4 Å². The average Bonchev–Trinajstić information content (AvgIpc) is 1.97. The topological polar surface area (TPSA) is 38.9 Å². The second-order valence-corrected chi connectivity index (χ2v) is 2.96. The average molecular weight is 256 g/mol. The van der Waals surface area contributed by atoms with Gasteiger partial charge in [-0.1, -0.05) is 15.9 Å². The van der Waals surface area contributed by atoms with E-state index in [1.54, 1.807) is 6.07 Å². The zero-order valence-electron chi connectivity index (χ0n) is 6.26. The summed E-state index contributed by atoms with van der Waals surface area (Å²) < 4.78 is 13.6. The molecule has 1 aromatic heterocycles. The van der Waals surface area contributed by atoms with Crippen molar-refractivity contribution in [3.63, 3.8) is 0 Å². The van der Waals surface area contributed by atoms with Crippen LogP contribution in [0.25, 0.3) is 0 Å². The van der Waals surface area contributed by atoms with Crippen LogP contribution in [0, 0.1) is 5.95 Å². The Labute approximate surface area is 84.9 Å². The van der Waals surface area contributed by atoms with Crippen molar-refractivity contribution in [2.75, 3.05) is 6.54 Å². The normalized spacial score (nSPS) is 9.25. The molecule has 0 aliphatic carbocycles. The van der Waals surface area contributed by atoms with Gasteiger partial charge in [-0.2, -0.15) is 4.39 Å². The summed E-state index contributed by atoms with van der Waals surface area (Å²) in [6.07, 6.45) is 1.93. The van der Waals surface area contributed by atoms with Gasteiger partial charge in [-0.15, -0.1) is 12.4 Å². The van der Waals surface area contributed by atoms with Crippen molar-refractivity contribution in [3.05, 3.63) is 28.2 Å². The largest absolute Gasteiger partial charge is 0.330 e. The zero-order chi connectivity index (χ0) is 8.27. The molecular weight excluding hydrogens is 246 g/mol. The van der Waals surface area contributed by atoms with Gasteiger partial charge in [0, 0.05) is 16.2 Å². The summed E-state index contributed by atoms with van der Waals surface area (Å²) in [5.74, 6) is -0.440. The van der Waals surface area contributed by atoms with Gasteiger partial charge in [0.2, 0.25) is 5.95 Å². The minimum absolute atomic E-state index is 0. The summed E-state index contributed by atoms with van der Waals surface area (Å²) in [6.45, 7) is 0.432. The minimum Gasteiger partial charge on any atom is -0.330 e. The predicted octanol–water partition coefficient (Wildman–Crippen LogP) is 1.91. The maximum Gasteiger partial charge on any atom is 0.217 e. The number of rotatable bonds is 2. The van der Waals surface area contributed by atoms with Crippen molar-refractivity contribution >= 4 is 28.3 Å². The van der Waals surface area contributed by atoms with Crippen LogP contribution in [-0.4, -0.2) is 11.5 Å². The maximum absolute atomic E-state index is 12.8. The van der Waals surface area contributed by atoms with Crippen LogP contribution in [0.1, 0.15) is 5.56 Å². The lowest BCUT2D eigenvalue weighted by atomic mass is 10.2. The number of pyridine rings is 1. The van der Waals surface area contributed by atoms with Crippen LogP contribution < -0.4 is 5.73 Å². The first kappa shape index (κ1) is 11.8. The smallest absolute Gasteiger partial charge is 0.217 e. The Balaban J connectivity index is 0.00000121. The molecule has 5 heteroatoms. The molecule has 0 fully saturated rings. The summed E-state index contributed by atoms with van der Waals surface area (Å²) >= 11 is 3.21. The molecule has 1 aromatic rings. The van der Waals surface area contributed by atoms with E-state index in [4.69, 9.17) is 5.73 Å². The van der Waals surface area contributed by atoms with E-state index in [1.165, 1.54) is 6.20 Å². The predicted molar refractivity (Wildman–Crippen MR) is 51.9 cm³/mol. The quantitative estimate of drug-likeness (QED) is 0.820. The molecule has 0 atom stereocenters. The van der Waals surface area contributed by atoms with Crippen LogP contribution in [0.5, 0.6) is 0 Å². The molecule has 0 aliphatic heterocycles. The molecule has 0 amide bonds. The van der Waals surface area contributed by atoms with E-state index in [0.29, 0.717) is 18.5 Å². The molecule has 68 valence electrons. The van der Waals surface area contributed by atoms with E-state index in [0.717, 1.165) is 4.47 Å². The summed E-state index contributed by atoms with van der Waals surface area (Å²) in [5.41, 5.74) is 5.83. The van der Waals surface area contributed by atoms with Gasteiger partial charge >= 0.3 is 0 Å². The Morgan fingerprint density at radius 2 is 2.25 bits per heavy atom. The molecule has 2 N–H and O–H groups in total. The number of nitrogens with two attached hydrogens (primary N) is 1. The maximum atomic E-state index is 12.8. The Morgan fingerprint density at radius 3 is 2.75 bits per heavy atom. The molecule has 0 bridgehead atoms. The van der Waals surface area contributed by atoms with Crippen molar-refractivity contribution in [1.29, 1.82) is 0 Å². The molecule has 12 heavy (non-hydrogen) atoms. The number of nitrogens with zero attached hydrogens (tertiary/aromatic N) is 1. The third kappa shape index (κ3) is 2.69. The molecule has 2 nitrogen and oxygen atoms in total. The highest BCUT2D eigenvalue weighted by Crippen LogP contribution is 2.17. The van der Waals surface area contributed by atoms with Crippen molar-refractivity contribution in [1.82, 2.24) is 4.98 Å². The fourth-order valence-electron chi connectivity index (χ4n) is 0.812. The minimum atomic E-state index is -0.440. The molecule has 1 rings (SSSR count). The Bertz CT molecular complexity index is 237. The molecular formula is C7H9BrClFN2. The fraction of sp³-hybridized carbons (Fsp3) is 0.286. The van der Waals surface area contributed by atoms with Crippen LogP contribution in [0.3, 0.4) is 0 Å². The van der Waals surface area contributed by atoms with Crippen LogP contribution in [0.4, 0.5) is 4.39 Å². The van der Waals surface area contributed by atoms with E-state index >= 15 is 0 Å². The number of hydrogen-bond donors (Lipinski definition) is 1. The first-order chi connectivity index (χ1) is 5.25. The molecule has 0 aromatic carbocycles. The van der Waals surface area contributed by atoms with Crippen LogP contribution >= 0.6 is 28.3 Å². The Hall–Kier alpha value is -0.190. The number of hydrogen-bond acceptors (Lipinski definition) is 2. The Kier molecular flexibility index (Phi) is 5.37. The summed E-state index contributed by atoms with van der Waals surface area (Å²) in [7, 11) is 0. The highest BCUT2D eigenvalue weighted by molar-refractivity contribution is 9.10. The van der Waals surface area contributed by atoms with Crippen LogP contribution in [0.2, 0.25) is 0 Å². The van der Waals surface area contributed by atoms with E-state index in [9.17, 15) is 4.39 Å². The third-order valence-corrected chi connectivity index (χ3v) is 2.08. The molecule has 1 heterocycles. The molecule has 0 aliphatic rings. The highest BCUT2D eigenvalue weighted by Gasteiger charge is 2.05. The van der Waals surface area contributed by atoms with Crippen LogP contribution in [-0.2, 0) is 6.42 Å². The van der Waals surface area contributed by atoms with Crippen molar-refractivity contribution in [2.45, 2.75) is 6.42 Å². The second-order valence-electron chi connectivity index (χ2n) is 2.10. The first-order valence-corrected chi connectivity index (χ1v) is 4.04. The van der Waals surface area contributed by atoms with Crippen molar-refractivity contribution < 1.29 is 4.39 Å². The molecule has 0 spiro atoms. The monoisotopic (exact) mass is 254 g/mol. The van der Waals surface area contributed by atoms with Gasteiger partial charge in [0.1, 0.15) is 0 Å². The van der Waals surface area contributed by atoms with Gasteiger partial charge in [-0.05, 0) is 19.0 Å². The lowest BCUT2D eigenvalue weighted by molar-refractivity contribution is 0.565. The lowest BCUT2D eigenvalue weighted by Gasteiger charge is -2.01. The molecule has 0 saturated carbocycles. The zero-order valence-corrected chi connectivity index (χ0v) is 8.66. The molecule has 0 unspecified atom stereocenters. The molecule has 0 saturated heterocycles. The summed E-state index contributed by atoms with van der Waals surface area (Å²) in [5, 5.41) is 0. The lowest BCUT2D eigenvalue weighted by Crippen LogP contribution is -2.06. The Morgan fingerprint density at radius 1 is 1.58 bits per heavy atom. The van der Waals surface area contributed by atoms with Gasteiger partial charge in [-0.25, -0.2) is 4.98 Å². The van der Waals surface area contributed by atoms with Gasteiger partial charge in [0.15, 0.2) is 0 Å². The number of aromatic nitrogens is 1. The van der Waals surface area contributed by atoms with E-state index in [1.807, 2.05) is 0 Å². The summed E-state index contributed by atoms with van der Waals surface area (Å²) in [4.78, 5) is 3.51. The van der Waals surface area contributed by atoms with E-state index < -0.39 is 5.95 Å². The van der Waals surface area contributed by atoms with Gasteiger partial charge < -0.3 is 5.73 Å². The second kappa shape index (κ2) is 5.45. The first-order valence-electron chi connectivity index (χ1n) is 3.24. The fourth-order valence-corrected chi connectivity index (χ4v) is 1.29.